The molecule has 27 heavy (non-hydrogen) atoms. The quantitative estimate of drug-likeness (QED) is 0.782. The highest BCUT2D eigenvalue weighted by molar-refractivity contribution is 5.94. The van der Waals surface area contributed by atoms with Gasteiger partial charge in [-0.3, -0.25) is 9.69 Å². The molecule has 0 aliphatic carbocycles. The summed E-state index contributed by atoms with van der Waals surface area (Å²) in [6, 6.07) is 12.1. The Morgan fingerprint density at radius 2 is 1.70 bits per heavy atom. The van der Waals surface area contributed by atoms with Gasteiger partial charge in [-0.15, -0.1) is 0 Å². The number of carbonyl (C=O) groups excluding carboxylic acids is 1. The predicted molar refractivity (Wildman–Crippen MR) is 102 cm³/mol. The summed E-state index contributed by atoms with van der Waals surface area (Å²) in [6.07, 6.45) is 0.890. The minimum atomic E-state index is -0.460. The first-order valence-corrected chi connectivity index (χ1v) is 9.09. The number of hydrogen-bond acceptors (Lipinski definition) is 4. The molecule has 1 saturated heterocycles. The number of amides is 1. The van der Waals surface area contributed by atoms with Gasteiger partial charge in [0.1, 0.15) is 5.82 Å². The molecule has 0 N–H and O–H groups in total. The van der Waals surface area contributed by atoms with Gasteiger partial charge in [-0.25, -0.2) is 4.39 Å². The van der Waals surface area contributed by atoms with E-state index in [2.05, 4.69) is 4.90 Å². The van der Waals surface area contributed by atoms with Crippen molar-refractivity contribution in [2.45, 2.75) is 6.42 Å². The summed E-state index contributed by atoms with van der Waals surface area (Å²) in [6.45, 7) is 3.69. The average molecular weight is 372 g/mol. The third-order valence-corrected chi connectivity index (χ3v) is 4.93. The van der Waals surface area contributed by atoms with Crippen LogP contribution in [0.3, 0.4) is 0 Å². The Hall–Kier alpha value is -2.60. The first-order chi connectivity index (χ1) is 13.1. The second-order valence-corrected chi connectivity index (χ2v) is 6.55. The van der Waals surface area contributed by atoms with Crippen molar-refractivity contribution in [1.29, 1.82) is 0 Å². The van der Waals surface area contributed by atoms with Crippen LogP contribution >= 0.6 is 0 Å². The van der Waals surface area contributed by atoms with Crippen molar-refractivity contribution in [2.75, 3.05) is 46.9 Å². The van der Waals surface area contributed by atoms with E-state index in [1.54, 1.807) is 37.3 Å². The maximum absolute atomic E-state index is 13.8. The fourth-order valence-electron chi connectivity index (χ4n) is 3.30. The lowest BCUT2D eigenvalue weighted by Gasteiger charge is -2.34. The first kappa shape index (κ1) is 19.2. The molecule has 0 spiro atoms. The van der Waals surface area contributed by atoms with Gasteiger partial charge in [0.05, 0.1) is 19.8 Å². The minimum Gasteiger partial charge on any atom is -0.493 e. The molecule has 6 heteroatoms. The average Bonchev–Trinajstić information content (AvgIpc) is 2.72. The SMILES string of the molecule is COc1ccc(CCN2CCN(C(=O)c3ccccc3F)CC2)cc1OC. The van der Waals surface area contributed by atoms with E-state index < -0.39 is 5.82 Å². The maximum atomic E-state index is 13.8. The molecule has 1 aliphatic heterocycles. The van der Waals surface area contributed by atoms with E-state index in [1.807, 2.05) is 18.2 Å². The van der Waals surface area contributed by atoms with Gasteiger partial charge in [0.2, 0.25) is 0 Å². The van der Waals surface area contributed by atoms with Gasteiger partial charge < -0.3 is 14.4 Å². The largest absolute Gasteiger partial charge is 0.493 e. The number of piperazine rings is 1. The van der Waals surface area contributed by atoms with E-state index >= 15 is 0 Å². The number of rotatable bonds is 6. The van der Waals surface area contributed by atoms with Crippen molar-refractivity contribution in [2.24, 2.45) is 0 Å². The molecule has 3 rings (SSSR count). The second-order valence-electron chi connectivity index (χ2n) is 6.55. The van der Waals surface area contributed by atoms with Gasteiger partial charge in [-0.05, 0) is 36.2 Å². The summed E-state index contributed by atoms with van der Waals surface area (Å²) in [5.74, 6) is 0.767. The molecule has 0 radical (unpaired) electrons. The van der Waals surface area contributed by atoms with E-state index in [-0.39, 0.29) is 11.5 Å². The normalized spacial score (nSPS) is 14.9. The summed E-state index contributed by atoms with van der Waals surface area (Å²) in [4.78, 5) is 16.5. The van der Waals surface area contributed by atoms with E-state index in [0.717, 1.165) is 37.6 Å². The predicted octanol–water partition coefficient (Wildman–Crippen LogP) is 2.84. The van der Waals surface area contributed by atoms with Gasteiger partial charge >= 0.3 is 0 Å². The Labute approximate surface area is 159 Å². The van der Waals surface area contributed by atoms with Gasteiger partial charge in [0, 0.05) is 32.7 Å². The standard InChI is InChI=1S/C21H25FN2O3/c1-26-19-8-7-16(15-20(19)27-2)9-10-23-11-13-24(14-12-23)21(25)17-5-3-4-6-18(17)22/h3-8,15H,9-14H2,1-2H3. The fraction of sp³-hybridized carbons (Fsp3) is 0.381. The van der Waals surface area contributed by atoms with Crippen LogP contribution < -0.4 is 9.47 Å². The molecule has 1 aliphatic rings. The molecule has 1 heterocycles. The van der Waals surface area contributed by atoms with Crippen molar-refractivity contribution >= 4 is 5.91 Å². The molecule has 2 aromatic carbocycles. The molecule has 0 saturated carbocycles. The Balaban J connectivity index is 1.51. The highest BCUT2D eigenvalue weighted by Crippen LogP contribution is 2.27. The van der Waals surface area contributed by atoms with Gasteiger partial charge in [-0.1, -0.05) is 18.2 Å². The number of ether oxygens (including phenoxy) is 2. The molecular formula is C21H25FN2O3. The van der Waals surface area contributed by atoms with Crippen molar-refractivity contribution in [3.05, 3.63) is 59.4 Å². The van der Waals surface area contributed by atoms with Crippen LogP contribution in [0.1, 0.15) is 15.9 Å². The lowest BCUT2D eigenvalue weighted by molar-refractivity contribution is 0.0634. The summed E-state index contributed by atoms with van der Waals surface area (Å²) < 4.78 is 24.4. The Kier molecular flexibility index (Phi) is 6.29. The Morgan fingerprint density at radius 3 is 2.37 bits per heavy atom. The number of methoxy groups -OCH3 is 2. The number of benzene rings is 2. The van der Waals surface area contributed by atoms with Crippen LogP contribution in [-0.2, 0) is 6.42 Å². The highest BCUT2D eigenvalue weighted by atomic mass is 19.1. The summed E-state index contributed by atoms with van der Waals surface area (Å²) >= 11 is 0. The summed E-state index contributed by atoms with van der Waals surface area (Å²) in [5.41, 5.74) is 1.33. The highest BCUT2D eigenvalue weighted by Gasteiger charge is 2.23. The molecule has 0 aromatic heterocycles. The number of halogens is 1. The van der Waals surface area contributed by atoms with Crippen LogP contribution in [0.5, 0.6) is 11.5 Å². The molecule has 1 amide bonds. The fourth-order valence-corrected chi connectivity index (χ4v) is 3.30. The molecule has 0 bridgehead atoms. The van der Waals surface area contributed by atoms with Crippen LogP contribution in [0.15, 0.2) is 42.5 Å². The minimum absolute atomic E-state index is 0.149. The topological polar surface area (TPSA) is 42.0 Å². The molecule has 5 nitrogen and oxygen atoms in total. The van der Waals surface area contributed by atoms with Crippen molar-refractivity contribution in [3.8, 4) is 11.5 Å². The van der Waals surface area contributed by atoms with Crippen molar-refractivity contribution in [3.63, 3.8) is 0 Å². The Bertz CT molecular complexity index is 789. The third-order valence-electron chi connectivity index (χ3n) is 4.93. The summed E-state index contributed by atoms with van der Waals surface area (Å²) in [7, 11) is 3.26. The number of carbonyl (C=O) groups is 1. The smallest absolute Gasteiger partial charge is 0.256 e. The number of nitrogens with zero attached hydrogens (tertiary/aromatic N) is 2. The zero-order valence-corrected chi connectivity index (χ0v) is 15.8. The van der Waals surface area contributed by atoms with E-state index in [0.29, 0.717) is 13.1 Å². The second kappa shape index (κ2) is 8.86. The Morgan fingerprint density at radius 1 is 1.00 bits per heavy atom. The monoisotopic (exact) mass is 372 g/mol. The van der Waals surface area contributed by atoms with E-state index in [4.69, 9.17) is 9.47 Å². The van der Waals surface area contributed by atoms with E-state index in [1.165, 1.54) is 11.6 Å². The molecule has 0 unspecified atom stereocenters. The van der Waals surface area contributed by atoms with E-state index in [9.17, 15) is 9.18 Å². The van der Waals surface area contributed by atoms with Gasteiger partial charge in [0.15, 0.2) is 11.5 Å². The lowest BCUT2D eigenvalue weighted by Crippen LogP contribution is -2.49. The molecule has 144 valence electrons. The summed E-state index contributed by atoms with van der Waals surface area (Å²) in [5, 5.41) is 0. The molecule has 1 fully saturated rings. The van der Waals surface area contributed by atoms with Crippen LogP contribution in [0, 0.1) is 5.82 Å². The zero-order valence-electron chi connectivity index (χ0n) is 15.8. The number of hydrogen-bond donors (Lipinski definition) is 0. The third kappa shape index (κ3) is 4.57. The van der Waals surface area contributed by atoms with Gasteiger partial charge in [0.25, 0.3) is 5.91 Å². The molecule has 0 atom stereocenters. The molecular weight excluding hydrogens is 347 g/mol. The van der Waals surface area contributed by atoms with Crippen molar-refractivity contribution < 1.29 is 18.7 Å². The van der Waals surface area contributed by atoms with Crippen molar-refractivity contribution in [1.82, 2.24) is 9.80 Å². The van der Waals surface area contributed by atoms with Crippen LogP contribution in [-0.4, -0.2) is 62.7 Å². The lowest BCUT2D eigenvalue weighted by atomic mass is 10.1. The maximum Gasteiger partial charge on any atom is 0.256 e. The first-order valence-electron chi connectivity index (χ1n) is 9.09. The van der Waals surface area contributed by atoms with Gasteiger partial charge in [-0.2, -0.15) is 0 Å². The molecule has 2 aromatic rings. The van der Waals surface area contributed by atoms with Crippen LogP contribution in [0.4, 0.5) is 4.39 Å². The van der Waals surface area contributed by atoms with Crippen LogP contribution in [0.25, 0.3) is 0 Å². The zero-order chi connectivity index (χ0) is 19.2. The van der Waals surface area contributed by atoms with Crippen LogP contribution in [0.2, 0.25) is 0 Å².